The summed E-state index contributed by atoms with van der Waals surface area (Å²) in [6.45, 7) is 6.84. The number of H-pyrrole nitrogens is 1. The van der Waals surface area contributed by atoms with Gasteiger partial charge in [0, 0.05) is 30.4 Å². The maximum absolute atomic E-state index is 12.1. The van der Waals surface area contributed by atoms with Crippen molar-refractivity contribution in [3.05, 3.63) is 18.0 Å². The van der Waals surface area contributed by atoms with E-state index >= 15 is 0 Å². The monoisotopic (exact) mass is 241 g/mol. The number of rotatable bonds is 2. The molecule has 4 nitrogen and oxygen atoms in total. The van der Waals surface area contributed by atoms with Gasteiger partial charge in [0.1, 0.15) is 0 Å². The first-order chi connectivity index (χ1) is 7.48. The minimum absolute atomic E-state index is 0.295. The minimum atomic E-state index is -2.00. The second-order valence-corrected chi connectivity index (χ2v) is 8.76. The molecule has 5 heteroatoms. The third kappa shape index (κ3) is 2.38. The maximum Gasteiger partial charge on any atom is 0.0861 e. The van der Waals surface area contributed by atoms with E-state index in [4.69, 9.17) is 0 Å². The van der Waals surface area contributed by atoms with Crippen molar-refractivity contribution in [2.24, 2.45) is 0 Å². The van der Waals surface area contributed by atoms with Crippen molar-refractivity contribution in [1.29, 1.82) is 0 Å². The Labute approximate surface area is 96.6 Å². The SMILES string of the molecule is CC1NCC(P(C)(C)=O)CC1c1cn[nH]c1. The number of nitrogens with zero attached hydrogens (tertiary/aromatic N) is 1. The average molecular weight is 241 g/mol. The Bertz CT molecular complexity index is 384. The molecule has 1 aliphatic heterocycles. The van der Waals surface area contributed by atoms with Crippen LogP contribution < -0.4 is 5.32 Å². The molecule has 90 valence electrons. The van der Waals surface area contributed by atoms with Crippen LogP contribution in [0.2, 0.25) is 0 Å². The summed E-state index contributed by atoms with van der Waals surface area (Å²) in [6, 6.07) is 0.431. The van der Waals surface area contributed by atoms with Crippen LogP contribution in [0.4, 0.5) is 0 Å². The lowest BCUT2D eigenvalue weighted by Gasteiger charge is -2.36. The highest BCUT2D eigenvalue weighted by Gasteiger charge is 2.34. The fraction of sp³-hybridized carbons (Fsp3) is 0.727. The summed E-state index contributed by atoms with van der Waals surface area (Å²) in [5.74, 6) is 0.422. The van der Waals surface area contributed by atoms with Gasteiger partial charge in [-0.25, -0.2) is 0 Å². The third-order valence-electron chi connectivity index (χ3n) is 3.63. The van der Waals surface area contributed by atoms with E-state index < -0.39 is 7.14 Å². The molecule has 0 spiro atoms. The number of aromatic amines is 1. The van der Waals surface area contributed by atoms with Crippen molar-refractivity contribution < 1.29 is 4.57 Å². The second-order valence-electron chi connectivity index (χ2n) is 5.16. The molecule has 2 rings (SSSR count). The molecule has 1 saturated heterocycles. The van der Waals surface area contributed by atoms with Gasteiger partial charge >= 0.3 is 0 Å². The van der Waals surface area contributed by atoms with Gasteiger partial charge in [0.05, 0.1) is 13.3 Å². The van der Waals surface area contributed by atoms with Crippen LogP contribution >= 0.6 is 7.14 Å². The summed E-state index contributed by atoms with van der Waals surface area (Å²) in [4.78, 5) is 0. The van der Waals surface area contributed by atoms with Crippen LogP contribution in [0.3, 0.4) is 0 Å². The molecular weight excluding hydrogens is 221 g/mol. The lowest BCUT2D eigenvalue weighted by atomic mass is 9.87. The van der Waals surface area contributed by atoms with E-state index in [1.807, 2.05) is 25.7 Å². The van der Waals surface area contributed by atoms with E-state index in [9.17, 15) is 4.57 Å². The number of piperidine rings is 1. The van der Waals surface area contributed by atoms with E-state index in [1.165, 1.54) is 5.56 Å². The lowest BCUT2D eigenvalue weighted by Crippen LogP contribution is -2.44. The first-order valence-corrected chi connectivity index (χ1v) is 8.42. The standard InChI is InChI=1S/C11H20N3OP/c1-8-11(9-5-13-14-6-9)4-10(7-12-8)16(2,3)15/h5-6,8,10-12H,4,7H2,1-3H3,(H,13,14). The van der Waals surface area contributed by atoms with Crippen LogP contribution in [0.15, 0.2) is 12.4 Å². The van der Waals surface area contributed by atoms with E-state index in [-0.39, 0.29) is 0 Å². The zero-order chi connectivity index (χ0) is 11.8. The van der Waals surface area contributed by atoms with Gasteiger partial charge in [-0.1, -0.05) is 0 Å². The van der Waals surface area contributed by atoms with Crippen molar-refractivity contribution in [3.63, 3.8) is 0 Å². The van der Waals surface area contributed by atoms with Crippen LogP contribution in [-0.4, -0.2) is 41.8 Å². The van der Waals surface area contributed by atoms with Gasteiger partial charge < -0.3 is 9.88 Å². The molecule has 16 heavy (non-hydrogen) atoms. The Hall–Kier alpha value is -0.600. The smallest absolute Gasteiger partial charge is 0.0861 e. The molecule has 0 aromatic carbocycles. The summed E-state index contributed by atoms with van der Waals surface area (Å²) in [5.41, 5.74) is 1.52. The highest BCUT2D eigenvalue weighted by molar-refractivity contribution is 7.63. The van der Waals surface area contributed by atoms with Crippen LogP contribution in [0.25, 0.3) is 0 Å². The van der Waals surface area contributed by atoms with Crippen LogP contribution in [0.5, 0.6) is 0 Å². The predicted molar refractivity (Wildman–Crippen MR) is 66.7 cm³/mol. The molecule has 2 N–H and O–H groups in total. The zero-order valence-corrected chi connectivity index (χ0v) is 11.0. The Kier molecular flexibility index (Phi) is 3.22. The van der Waals surface area contributed by atoms with E-state index in [2.05, 4.69) is 22.4 Å². The van der Waals surface area contributed by atoms with Crippen LogP contribution in [-0.2, 0) is 4.57 Å². The molecular formula is C11H20N3OP. The molecule has 1 fully saturated rings. The Morgan fingerprint density at radius 2 is 2.25 bits per heavy atom. The minimum Gasteiger partial charge on any atom is -0.324 e. The number of nitrogens with one attached hydrogen (secondary N) is 2. The predicted octanol–water partition coefficient (Wildman–Crippen LogP) is 1.87. The van der Waals surface area contributed by atoms with Crippen molar-refractivity contribution in [2.75, 3.05) is 19.9 Å². The molecule has 1 aliphatic rings. The molecule has 0 radical (unpaired) electrons. The van der Waals surface area contributed by atoms with Crippen LogP contribution in [0.1, 0.15) is 24.8 Å². The van der Waals surface area contributed by atoms with E-state index in [0.29, 0.717) is 17.6 Å². The number of hydrogen-bond acceptors (Lipinski definition) is 3. The quantitative estimate of drug-likeness (QED) is 0.777. The van der Waals surface area contributed by atoms with Crippen molar-refractivity contribution >= 4 is 7.14 Å². The Morgan fingerprint density at radius 3 is 2.81 bits per heavy atom. The third-order valence-corrected chi connectivity index (χ3v) is 5.78. The second kappa shape index (κ2) is 4.34. The highest BCUT2D eigenvalue weighted by Crippen LogP contribution is 2.48. The van der Waals surface area contributed by atoms with E-state index in [1.54, 1.807) is 0 Å². The number of hydrogen-bond donors (Lipinski definition) is 2. The topological polar surface area (TPSA) is 57.8 Å². The summed E-state index contributed by atoms with van der Waals surface area (Å²) < 4.78 is 12.1. The molecule has 0 saturated carbocycles. The summed E-state index contributed by atoms with van der Waals surface area (Å²) in [6.07, 6.45) is 4.82. The summed E-state index contributed by atoms with van der Waals surface area (Å²) in [5, 5.41) is 10.3. The fourth-order valence-electron chi connectivity index (χ4n) is 2.41. The maximum atomic E-state index is 12.1. The normalized spacial score (nSPS) is 31.6. The Balaban J connectivity index is 2.16. The van der Waals surface area contributed by atoms with Gasteiger partial charge in [-0.2, -0.15) is 5.10 Å². The summed E-state index contributed by atoms with van der Waals surface area (Å²) in [7, 11) is -2.00. The number of aromatic nitrogens is 2. The van der Waals surface area contributed by atoms with Crippen molar-refractivity contribution in [3.8, 4) is 0 Å². The molecule has 1 aromatic rings. The molecule has 2 heterocycles. The Morgan fingerprint density at radius 1 is 1.50 bits per heavy atom. The van der Waals surface area contributed by atoms with Crippen molar-refractivity contribution in [1.82, 2.24) is 15.5 Å². The molecule has 3 unspecified atom stereocenters. The lowest BCUT2D eigenvalue weighted by molar-refractivity contribution is 0.370. The van der Waals surface area contributed by atoms with E-state index in [0.717, 1.165) is 13.0 Å². The van der Waals surface area contributed by atoms with Gasteiger partial charge in [-0.15, -0.1) is 0 Å². The highest BCUT2D eigenvalue weighted by atomic mass is 31.2. The van der Waals surface area contributed by atoms with Crippen LogP contribution in [0, 0.1) is 0 Å². The zero-order valence-electron chi connectivity index (χ0n) is 10.1. The summed E-state index contributed by atoms with van der Waals surface area (Å²) >= 11 is 0. The first kappa shape index (κ1) is 11.9. The molecule has 1 aromatic heterocycles. The van der Waals surface area contributed by atoms with Crippen molar-refractivity contribution in [2.45, 2.75) is 31.0 Å². The molecule has 0 bridgehead atoms. The average Bonchev–Trinajstić information content (AvgIpc) is 2.69. The molecule has 0 aliphatic carbocycles. The van der Waals surface area contributed by atoms with Gasteiger partial charge in [-0.05, 0) is 32.2 Å². The van der Waals surface area contributed by atoms with Gasteiger partial charge in [0.15, 0.2) is 0 Å². The molecule has 0 amide bonds. The van der Waals surface area contributed by atoms with Gasteiger partial charge in [0.2, 0.25) is 0 Å². The fourth-order valence-corrected chi connectivity index (χ4v) is 3.69. The van der Waals surface area contributed by atoms with Gasteiger partial charge in [0.25, 0.3) is 0 Å². The first-order valence-electron chi connectivity index (χ1n) is 5.75. The molecule has 3 atom stereocenters. The largest absolute Gasteiger partial charge is 0.324 e. The van der Waals surface area contributed by atoms with Gasteiger partial charge in [-0.3, -0.25) is 5.10 Å².